The van der Waals surface area contributed by atoms with E-state index in [4.69, 9.17) is 63.7 Å². The van der Waals surface area contributed by atoms with Crippen molar-refractivity contribution in [1.29, 1.82) is 0 Å². The maximum absolute atomic E-state index is 16.1. The molecule has 12 bridgehead atoms. The molecule has 0 saturated carbocycles. The number of methoxy groups -OCH3 is 7. The Kier molecular flexibility index (Phi) is 22.6. The van der Waals surface area contributed by atoms with E-state index in [1.807, 2.05) is 0 Å². The largest absolute Gasteiger partial charge is 0.504 e. The number of aliphatic hydroxyl groups is 1. The van der Waals surface area contributed by atoms with E-state index in [0.29, 0.717) is 5.56 Å². The number of carbonyl (C=O) groups excluding carboxylic acids is 7. The standard InChI is InChI=1S/C71H72ClFN8O22/c1-71(2,3)103-70(90)80-58-35-13-18-52(97-8)53(26-35)101-41-22-37(21-39(28-41)94-5)59(76-64(84)46(74-65(58)85)19-33-11-15-45(73)48(20-33)81(91)92)67(87)78-60-38-25-49(82)63(99-10)55(27-38)102-51-17-14-36(24-44(51)72)62(83)61-69(89)75-47(31-100-32-93-4)42-29-40(95-6)30-54(98-9)56(42)43-23-34(12-16-50(43)96-7)57(66(86)79-61)77-68(60)88/h11-18,20-30,46-47,57-62,82-83H,19,31-32H2,1-10H3,(H,74,85)(H,75,89)(H,76,84)(H,77,88)(H,78,87)(H,79,86)(H,80,90)/t46-,47?,57-,58+,59?,60-,61+,62-/m1/s1. The number of hydrogen-bond donors (Lipinski definition) is 9. The van der Waals surface area contributed by atoms with Gasteiger partial charge in [-0.25, -0.2) is 4.79 Å². The highest BCUT2D eigenvalue weighted by molar-refractivity contribution is 6.32. The van der Waals surface area contributed by atoms with Crippen molar-refractivity contribution >= 4 is 58.8 Å². The lowest BCUT2D eigenvalue weighted by molar-refractivity contribution is -0.387. The van der Waals surface area contributed by atoms with Crippen molar-refractivity contribution in [2.75, 3.05) is 63.2 Å². The maximum Gasteiger partial charge on any atom is 0.408 e. The second-order valence-corrected chi connectivity index (χ2v) is 25.0. The first-order valence-electron chi connectivity index (χ1n) is 31.5. The molecule has 0 spiro atoms. The predicted molar refractivity (Wildman–Crippen MR) is 363 cm³/mol. The quantitative estimate of drug-likeness (QED) is 0.0192. The minimum absolute atomic E-state index is 0.00970. The van der Waals surface area contributed by atoms with Crippen LogP contribution >= 0.6 is 11.6 Å². The van der Waals surface area contributed by atoms with Gasteiger partial charge in [-0.3, -0.25) is 38.9 Å². The first-order chi connectivity index (χ1) is 49.2. The van der Waals surface area contributed by atoms with Crippen LogP contribution in [0.1, 0.15) is 96.0 Å². The summed E-state index contributed by atoms with van der Waals surface area (Å²) in [6.07, 6.45) is -3.72. The minimum atomic E-state index is -2.15. The minimum Gasteiger partial charge on any atom is -0.504 e. The van der Waals surface area contributed by atoms with Crippen molar-refractivity contribution in [3.8, 4) is 74.4 Å². The van der Waals surface area contributed by atoms with Crippen LogP contribution in [0.2, 0.25) is 5.02 Å². The number of alkyl carbamates (subject to hydrolysis) is 1. The van der Waals surface area contributed by atoms with Crippen molar-refractivity contribution in [2.45, 2.75) is 81.2 Å². The van der Waals surface area contributed by atoms with Gasteiger partial charge in [0.2, 0.25) is 47.0 Å². The van der Waals surface area contributed by atoms with Gasteiger partial charge in [-0.05, 0) is 133 Å². The first-order valence-corrected chi connectivity index (χ1v) is 31.9. The summed E-state index contributed by atoms with van der Waals surface area (Å²) in [5.74, 6) is -9.34. The molecule has 0 aromatic heterocycles. The molecule has 11 rings (SSSR count). The van der Waals surface area contributed by atoms with E-state index in [-0.39, 0.29) is 120 Å². The molecule has 30 nitrogen and oxygen atoms in total. The number of benzene rings is 7. The van der Waals surface area contributed by atoms with Crippen LogP contribution in [0.4, 0.5) is 14.9 Å². The summed E-state index contributed by atoms with van der Waals surface area (Å²) in [6.45, 7) is 4.17. The Hall–Kier alpha value is -11.7. The zero-order valence-corrected chi connectivity index (χ0v) is 57.7. The van der Waals surface area contributed by atoms with Crippen LogP contribution in [-0.4, -0.2) is 138 Å². The number of ether oxygens (including phenoxy) is 11. The van der Waals surface area contributed by atoms with Crippen LogP contribution in [0, 0.1) is 15.9 Å². The third-order valence-electron chi connectivity index (χ3n) is 16.6. The Bertz CT molecular complexity index is 4480. The number of nitro groups is 1. The molecule has 0 aliphatic carbocycles. The van der Waals surface area contributed by atoms with Crippen LogP contribution < -0.4 is 75.1 Å². The summed E-state index contributed by atoms with van der Waals surface area (Å²) < 4.78 is 79.1. The lowest BCUT2D eigenvalue weighted by Gasteiger charge is -2.32. The van der Waals surface area contributed by atoms with Crippen molar-refractivity contribution in [1.82, 2.24) is 37.2 Å². The number of fused-ring (bicyclic) bond motifs is 12. The van der Waals surface area contributed by atoms with E-state index < -0.39 is 124 Å². The molecule has 9 N–H and O–H groups in total. The second kappa shape index (κ2) is 31.5. The van der Waals surface area contributed by atoms with E-state index in [1.165, 1.54) is 129 Å². The summed E-state index contributed by atoms with van der Waals surface area (Å²) in [5.41, 5.74) is -1.93. The highest BCUT2D eigenvalue weighted by atomic mass is 35.5. The molecule has 7 amide bonds. The highest BCUT2D eigenvalue weighted by Crippen LogP contribution is 2.48. The fourth-order valence-corrected chi connectivity index (χ4v) is 12.0. The number of nitrogens with one attached hydrogen (secondary N) is 7. The molecule has 4 aliphatic rings. The summed E-state index contributed by atoms with van der Waals surface area (Å²) in [7, 11) is 9.33. The molecule has 103 heavy (non-hydrogen) atoms. The molecule has 32 heteroatoms. The van der Waals surface area contributed by atoms with Crippen molar-refractivity contribution in [3.63, 3.8) is 0 Å². The van der Waals surface area contributed by atoms with E-state index in [0.717, 1.165) is 24.3 Å². The van der Waals surface area contributed by atoms with Crippen molar-refractivity contribution in [2.24, 2.45) is 0 Å². The molecule has 0 radical (unpaired) electrons. The number of amides is 7. The molecule has 7 aromatic carbocycles. The van der Waals surface area contributed by atoms with Gasteiger partial charge in [0, 0.05) is 42.9 Å². The van der Waals surface area contributed by atoms with E-state index >= 15 is 33.2 Å². The smallest absolute Gasteiger partial charge is 0.408 e. The van der Waals surface area contributed by atoms with Gasteiger partial charge in [0.1, 0.15) is 89.2 Å². The SMILES string of the molecule is COCOCC1NC(=O)[C@H]2NC(=O)[C@H](NC(=O)[C@H](NC(=O)C3NC(=O)[C@@H](Cc4ccc(F)c([N+](=O)[O-])c4)NC(=O)[C@@H](NC(=O)OC(C)(C)C)c4ccc(OC)c(c4)Oc4cc(OC)cc3c4)c3cc(O)c(OC)c(c3)Oc3ccc(cc3Cl)[C@H]2O)c2ccc(OC)c(c2)-c2c(OC)cc(OC)cc21. The first kappa shape index (κ1) is 74.0. The number of phenols is 1. The summed E-state index contributed by atoms with van der Waals surface area (Å²) in [6, 6.07) is 11.6. The van der Waals surface area contributed by atoms with Crippen LogP contribution in [0.15, 0.2) is 115 Å². The number of aliphatic hydroxyl groups excluding tert-OH is 1. The van der Waals surface area contributed by atoms with Crippen molar-refractivity contribution in [3.05, 3.63) is 175 Å². The second-order valence-electron chi connectivity index (χ2n) is 24.6. The lowest BCUT2D eigenvalue weighted by atomic mass is 9.89. The molecule has 542 valence electrons. The summed E-state index contributed by atoms with van der Waals surface area (Å²) in [4.78, 5) is 118. The molecular weight excluding hydrogens is 1370 g/mol. The number of phenolic OH excluding ortho intramolecular Hbond substituents is 1. The van der Waals surface area contributed by atoms with Gasteiger partial charge in [0.05, 0.1) is 65.3 Å². The molecule has 0 fully saturated rings. The molecule has 7 aromatic rings. The number of nitrogens with zero attached hydrogens (tertiary/aromatic N) is 1. The third-order valence-corrected chi connectivity index (χ3v) is 16.9. The van der Waals surface area contributed by atoms with Gasteiger partial charge in [-0.2, -0.15) is 4.39 Å². The average Bonchev–Trinajstić information content (AvgIpc) is 0.765. The van der Waals surface area contributed by atoms with E-state index in [9.17, 15) is 25.1 Å². The summed E-state index contributed by atoms with van der Waals surface area (Å²) >= 11 is 6.95. The number of hydrogen-bond acceptors (Lipinski definition) is 22. The fraction of sp³-hybridized carbons (Fsp3) is 0.310. The molecule has 4 aliphatic heterocycles. The Balaban J connectivity index is 1.18. The molecule has 2 unspecified atom stereocenters. The average molecular weight is 1440 g/mol. The third kappa shape index (κ3) is 16.6. The number of rotatable bonds is 16. The zero-order valence-electron chi connectivity index (χ0n) is 57.0. The van der Waals surface area contributed by atoms with Crippen LogP contribution in [0.25, 0.3) is 11.1 Å². The maximum atomic E-state index is 16.1. The Morgan fingerprint density at radius 2 is 1.29 bits per heavy atom. The number of nitro benzene ring substituents is 1. The predicted octanol–water partition coefficient (Wildman–Crippen LogP) is 7.90. The number of carbonyl (C=O) groups is 7. The monoisotopic (exact) mass is 1440 g/mol. The highest BCUT2D eigenvalue weighted by Gasteiger charge is 2.41. The van der Waals surface area contributed by atoms with Gasteiger partial charge < -0.3 is 99.5 Å². The Morgan fingerprint density at radius 3 is 1.97 bits per heavy atom. The topological polar surface area (TPSA) is 389 Å². The normalized spacial score (nSPS) is 19.6. The van der Waals surface area contributed by atoms with E-state index in [2.05, 4.69) is 37.2 Å². The van der Waals surface area contributed by atoms with Crippen LogP contribution in [0.5, 0.6) is 63.2 Å². The molecule has 0 saturated heterocycles. The lowest BCUT2D eigenvalue weighted by Crippen LogP contribution is -2.55. The molecular formula is C71H72ClFN8O22. The summed E-state index contributed by atoms with van der Waals surface area (Å²) in [5, 5.41) is 55.0. The fourth-order valence-electron chi connectivity index (χ4n) is 11.8. The van der Waals surface area contributed by atoms with Crippen LogP contribution in [0.3, 0.4) is 0 Å². The van der Waals surface area contributed by atoms with Crippen LogP contribution in [-0.2, 0) is 49.4 Å². The Labute approximate surface area is 592 Å². The van der Waals surface area contributed by atoms with E-state index in [1.54, 1.807) is 32.9 Å². The number of aromatic hydroxyl groups is 1. The molecule has 8 atom stereocenters. The van der Waals surface area contributed by atoms with Gasteiger partial charge in [-0.1, -0.05) is 35.9 Å². The van der Waals surface area contributed by atoms with Gasteiger partial charge in [-0.15, -0.1) is 0 Å². The van der Waals surface area contributed by atoms with Gasteiger partial charge >= 0.3 is 11.8 Å². The zero-order chi connectivity index (χ0) is 74.3. The Morgan fingerprint density at radius 1 is 0.621 bits per heavy atom. The molecule has 4 heterocycles. The van der Waals surface area contributed by atoms with Gasteiger partial charge in [0.25, 0.3) is 0 Å². The van der Waals surface area contributed by atoms with Crippen molar-refractivity contribution < 1.29 is 105 Å². The number of halogens is 2. The van der Waals surface area contributed by atoms with Gasteiger partial charge in [0.15, 0.2) is 23.0 Å².